The zero-order chi connectivity index (χ0) is 22.6. The minimum atomic E-state index is -1.18. The number of hydrogen-bond acceptors (Lipinski definition) is 3. The summed E-state index contributed by atoms with van der Waals surface area (Å²) in [4.78, 5) is 25.6. The number of urea groups is 1. The highest BCUT2D eigenvalue weighted by Crippen LogP contribution is 2.38. The number of carboxylic acids is 1. The van der Waals surface area contributed by atoms with Crippen molar-refractivity contribution in [3.05, 3.63) is 40.6 Å². The van der Waals surface area contributed by atoms with E-state index in [2.05, 4.69) is 19.2 Å². The van der Waals surface area contributed by atoms with Crippen molar-refractivity contribution in [2.24, 2.45) is 11.8 Å². The Hall–Kier alpha value is -1.86. The van der Waals surface area contributed by atoms with E-state index in [9.17, 15) is 13.8 Å². The van der Waals surface area contributed by atoms with E-state index < -0.39 is 22.3 Å². The highest BCUT2D eigenvalue weighted by atomic mass is 35.5. The lowest BCUT2D eigenvalue weighted by atomic mass is 9.78. The Morgan fingerprint density at radius 3 is 2.50 bits per heavy atom. The van der Waals surface area contributed by atoms with E-state index in [0.717, 1.165) is 17.6 Å². The molecule has 1 heterocycles. The number of carbonyl (C=O) groups is 2. The molecule has 0 aromatic heterocycles. The van der Waals surface area contributed by atoms with Crippen LogP contribution >= 0.6 is 11.6 Å². The molecule has 2 N–H and O–H groups in total. The third-order valence-electron chi connectivity index (χ3n) is 5.31. The second kappa shape index (κ2) is 9.96. The molecule has 1 aromatic rings. The van der Waals surface area contributed by atoms with Gasteiger partial charge in [-0.25, -0.2) is 4.79 Å². The van der Waals surface area contributed by atoms with Crippen LogP contribution in [0.3, 0.4) is 0 Å². The molecule has 0 spiro atoms. The number of benzene rings is 1. The SMILES string of the molecule is CC(C)CCS(=O)c1ccc([C@]2(C)NC(=O)N(CCC(=O)O)C=C2C(C)C)cc1Cl. The first-order chi connectivity index (χ1) is 14.0. The second-order valence-electron chi connectivity index (χ2n) is 8.51. The van der Waals surface area contributed by atoms with Gasteiger partial charge in [0.25, 0.3) is 0 Å². The van der Waals surface area contributed by atoms with Gasteiger partial charge in [-0.3, -0.25) is 9.00 Å². The van der Waals surface area contributed by atoms with Crippen molar-refractivity contribution in [1.82, 2.24) is 10.2 Å². The molecule has 8 heteroatoms. The summed E-state index contributed by atoms with van der Waals surface area (Å²) in [6.45, 7) is 10.2. The summed E-state index contributed by atoms with van der Waals surface area (Å²) in [6, 6.07) is 5.05. The van der Waals surface area contributed by atoms with Crippen LogP contribution < -0.4 is 5.32 Å². The molecular weight excluding hydrogens is 424 g/mol. The maximum absolute atomic E-state index is 12.7. The Balaban J connectivity index is 2.37. The molecule has 0 bridgehead atoms. The lowest BCUT2D eigenvalue weighted by molar-refractivity contribution is -0.137. The molecule has 6 nitrogen and oxygen atoms in total. The number of nitrogens with one attached hydrogen (secondary N) is 1. The Labute approximate surface area is 186 Å². The predicted molar refractivity (Wildman–Crippen MR) is 120 cm³/mol. The van der Waals surface area contributed by atoms with E-state index in [4.69, 9.17) is 16.7 Å². The van der Waals surface area contributed by atoms with Crippen molar-refractivity contribution in [3.8, 4) is 0 Å². The van der Waals surface area contributed by atoms with Crippen LogP contribution in [-0.2, 0) is 21.1 Å². The van der Waals surface area contributed by atoms with Crippen LogP contribution in [0.25, 0.3) is 0 Å². The number of aliphatic carboxylic acids is 1. The summed E-state index contributed by atoms with van der Waals surface area (Å²) in [7, 11) is -1.18. The normalized spacial score (nSPS) is 20.3. The van der Waals surface area contributed by atoms with Crippen molar-refractivity contribution < 1.29 is 18.9 Å². The number of rotatable bonds is 9. The molecule has 1 unspecified atom stereocenters. The maximum atomic E-state index is 12.7. The van der Waals surface area contributed by atoms with Crippen molar-refractivity contribution in [2.75, 3.05) is 12.3 Å². The van der Waals surface area contributed by atoms with Gasteiger partial charge in [-0.05, 0) is 48.4 Å². The Kier molecular flexibility index (Phi) is 8.11. The smallest absolute Gasteiger partial charge is 0.322 e. The molecule has 0 fully saturated rings. The average Bonchev–Trinajstić information content (AvgIpc) is 2.64. The monoisotopic (exact) mass is 454 g/mol. The largest absolute Gasteiger partial charge is 0.481 e. The van der Waals surface area contributed by atoms with Gasteiger partial charge in [0.2, 0.25) is 0 Å². The van der Waals surface area contributed by atoms with Crippen LogP contribution in [0.5, 0.6) is 0 Å². The van der Waals surface area contributed by atoms with Crippen LogP contribution in [0.15, 0.2) is 34.9 Å². The summed E-state index contributed by atoms with van der Waals surface area (Å²) in [5.41, 5.74) is 0.938. The number of hydrogen-bond donors (Lipinski definition) is 2. The van der Waals surface area contributed by atoms with Crippen molar-refractivity contribution in [2.45, 2.75) is 57.9 Å². The molecule has 0 saturated carbocycles. The van der Waals surface area contributed by atoms with E-state index >= 15 is 0 Å². The third-order valence-corrected chi connectivity index (χ3v) is 7.19. The summed E-state index contributed by atoms with van der Waals surface area (Å²) in [5.74, 6) is 0.164. The summed E-state index contributed by atoms with van der Waals surface area (Å²) >= 11 is 6.50. The number of amides is 2. The standard InChI is InChI=1S/C22H31ClN2O4S/c1-14(2)9-11-30(29)19-7-6-16(12-18(19)23)22(5)17(15(3)4)13-25(21(28)24-22)10-8-20(26)27/h6-7,12-15H,8-11H2,1-5H3,(H,24,28)(H,26,27)/t22-,30?/m0/s1. The van der Waals surface area contributed by atoms with E-state index in [0.29, 0.717) is 21.6 Å². The molecule has 166 valence electrons. The maximum Gasteiger partial charge on any atom is 0.322 e. The molecule has 1 aromatic carbocycles. The molecule has 30 heavy (non-hydrogen) atoms. The molecule has 0 radical (unpaired) electrons. The lowest BCUT2D eigenvalue weighted by Crippen LogP contribution is -2.55. The predicted octanol–water partition coefficient (Wildman–Crippen LogP) is 4.75. The number of nitrogens with zero attached hydrogens (tertiary/aromatic N) is 1. The lowest BCUT2D eigenvalue weighted by Gasteiger charge is -2.42. The topological polar surface area (TPSA) is 86.7 Å². The van der Waals surface area contributed by atoms with Gasteiger partial charge in [-0.2, -0.15) is 0 Å². The molecule has 2 atom stereocenters. The first-order valence-electron chi connectivity index (χ1n) is 10.2. The fraction of sp³-hybridized carbons (Fsp3) is 0.545. The average molecular weight is 455 g/mol. The first kappa shape index (κ1) is 24.4. The van der Waals surface area contributed by atoms with Gasteiger partial charge in [-0.1, -0.05) is 45.4 Å². The minimum Gasteiger partial charge on any atom is -0.481 e. The van der Waals surface area contributed by atoms with E-state index in [1.807, 2.05) is 26.8 Å². The fourth-order valence-corrected chi connectivity index (χ4v) is 5.35. The van der Waals surface area contributed by atoms with E-state index in [1.165, 1.54) is 4.90 Å². The van der Waals surface area contributed by atoms with Gasteiger partial charge in [0, 0.05) is 18.5 Å². The van der Waals surface area contributed by atoms with Gasteiger partial charge in [0.1, 0.15) is 0 Å². The highest BCUT2D eigenvalue weighted by Gasteiger charge is 2.40. The molecule has 0 aliphatic carbocycles. The first-order valence-corrected chi connectivity index (χ1v) is 11.9. The summed E-state index contributed by atoms with van der Waals surface area (Å²) in [5, 5.41) is 12.4. The van der Waals surface area contributed by atoms with Gasteiger partial charge < -0.3 is 15.3 Å². The van der Waals surface area contributed by atoms with E-state index in [-0.39, 0.29) is 24.9 Å². The Morgan fingerprint density at radius 1 is 1.30 bits per heavy atom. The zero-order valence-corrected chi connectivity index (χ0v) is 19.8. The Morgan fingerprint density at radius 2 is 1.97 bits per heavy atom. The minimum absolute atomic E-state index is 0.0987. The molecule has 1 aliphatic heterocycles. The molecule has 0 saturated heterocycles. The zero-order valence-electron chi connectivity index (χ0n) is 18.2. The van der Waals surface area contributed by atoms with Gasteiger partial charge in [-0.15, -0.1) is 0 Å². The Bertz CT molecular complexity index is 869. The van der Waals surface area contributed by atoms with Crippen LogP contribution in [0.4, 0.5) is 4.79 Å². The number of halogens is 1. The van der Waals surface area contributed by atoms with Crippen LogP contribution in [0.2, 0.25) is 5.02 Å². The van der Waals surface area contributed by atoms with Gasteiger partial charge in [0.05, 0.1) is 32.7 Å². The molecule has 2 rings (SSSR count). The quantitative estimate of drug-likeness (QED) is 0.563. The summed E-state index contributed by atoms with van der Waals surface area (Å²) < 4.78 is 12.6. The molecule has 1 aliphatic rings. The number of carboxylic acid groups (broad SMARTS) is 1. The van der Waals surface area contributed by atoms with Crippen LogP contribution in [-0.4, -0.2) is 38.5 Å². The van der Waals surface area contributed by atoms with Crippen LogP contribution in [0, 0.1) is 11.8 Å². The van der Waals surface area contributed by atoms with E-state index in [1.54, 1.807) is 18.3 Å². The number of carbonyl (C=O) groups excluding carboxylic acids is 1. The van der Waals surface area contributed by atoms with Gasteiger partial charge in [0.15, 0.2) is 0 Å². The van der Waals surface area contributed by atoms with Gasteiger partial charge >= 0.3 is 12.0 Å². The van der Waals surface area contributed by atoms with Crippen molar-refractivity contribution in [3.63, 3.8) is 0 Å². The second-order valence-corrected chi connectivity index (χ2v) is 10.5. The fourth-order valence-electron chi connectivity index (χ4n) is 3.51. The summed E-state index contributed by atoms with van der Waals surface area (Å²) in [6.07, 6.45) is 2.47. The van der Waals surface area contributed by atoms with Crippen molar-refractivity contribution >= 4 is 34.4 Å². The third kappa shape index (κ3) is 5.64. The van der Waals surface area contributed by atoms with Crippen molar-refractivity contribution in [1.29, 1.82) is 0 Å². The molecule has 2 amide bonds. The highest BCUT2D eigenvalue weighted by molar-refractivity contribution is 7.85. The molecular formula is C22H31ClN2O4S. The van der Waals surface area contributed by atoms with Crippen LogP contribution in [0.1, 0.15) is 53.0 Å².